The molecule has 1 aromatic heterocycles. The number of rotatable bonds is 3. The molecule has 0 saturated carbocycles. The molecule has 0 radical (unpaired) electrons. The summed E-state index contributed by atoms with van der Waals surface area (Å²) in [6.45, 7) is 2.35. The number of fused-ring (bicyclic) bond motifs is 4. The highest BCUT2D eigenvalue weighted by atomic mass is 16.5. The molecular weight excluding hydrogens is 382 g/mol. The third-order valence-corrected chi connectivity index (χ3v) is 6.65. The molecule has 7 heteroatoms. The summed E-state index contributed by atoms with van der Waals surface area (Å²) in [4.78, 5) is 41.7. The van der Waals surface area contributed by atoms with Crippen LogP contribution in [0.15, 0.2) is 47.3 Å². The van der Waals surface area contributed by atoms with Crippen molar-refractivity contribution in [1.29, 1.82) is 0 Å². The Kier molecular flexibility index (Phi) is 4.60. The molecule has 156 valence electrons. The fourth-order valence-electron chi connectivity index (χ4n) is 5.22. The van der Waals surface area contributed by atoms with E-state index < -0.39 is 0 Å². The van der Waals surface area contributed by atoms with Gasteiger partial charge in [-0.3, -0.25) is 14.4 Å². The topological polar surface area (TPSA) is 71.8 Å². The van der Waals surface area contributed by atoms with Crippen LogP contribution < -0.4 is 15.2 Å². The van der Waals surface area contributed by atoms with Gasteiger partial charge in [0, 0.05) is 56.0 Å². The molecule has 5 rings (SSSR count). The number of hydrogen-bond acceptors (Lipinski definition) is 4. The van der Waals surface area contributed by atoms with E-state index in [9.17, 15) is 14.4 Å². The summed E-state index contributed by atoms with van der Waals surface area (Å²) in [5.41, 5.74) is 1.86. The van der Waals surface area contributed by atoms with Gasteiger partial charge in [0.25, 0.3) is 5.56 Å². The van der Waals surface area contributed by atoms with Gasteiger partial charge in [-0.2, -0.15) is 0 Å². The lowest BCUT2D eigenvalue weighted by atomic mass is 9.82. The van der Waals surface area contributed by atoms with Gasteiger partial charge in [-0.1, -0.05) is 6.07 Å². The molecule has 3 unspecified atom stereocenters. The molecule has 2 bridgehead atoms. The minimum Gasteiger partial charge on any atom is -0.497 e. The van der Waals surface area contributed by atoms with Crippen LogP contribution in [0.25, 0.3) is 0 Å². The zero-order valence-electron chi connectivity index (χ0n) is 17.0. The number of carbonyl (C=O) groups excluding carboxylic acids is 2. The lowest BCUT2D eigenvalue weighted by Crippen LogP contribution is -2.50. The van der Waals surface area contributed by atoms with Gasteiger partial charge in [-0.15, -0.1) is 0 Å². The lowest BCUT2D eigenvalue weighted by Gasteiger charge is -2.43. The third-order valence-electron chi connectivity index (χ3n) is 6.65. The summed E-state index contributed by atoms with van der Waals surface area (Å²) in [6.07, 6.45) is 1.25. The van der Waals surface area contributed by atoms with Crippen molar-refractivity contribution in [2.75, 3.05) is 31.6 Å². The van der Waals surface area contributed by atoms with Gasteiger partial charge in [0.05, 0.1) is 13.0 Å². The number of amides is 2. The maximum atomic E-state index is 13.3. The molecule has 2 fully saturated rings. The van der Waals surface area contributed by atoms with Crippen LogP contribution >= 0.6 is 0 Å². The lowest BCUT2D eigenvalue weighted by molar-refractivity contribution is -0.138. The minimum absolute atomic E-state index is 0.0207. The number of anilines is 1. The highest BCUT2D eigenvalue weighted by Crippen LogP contribution is 2.36. The molecule has 3 aliphatic rings. The molecule has 0 N–H and O–H groups in total. The number of nitrogens with zero attached hydrogens (tertiary/aromatic N) is 3. The Morgan fingerprint density at radius 2 is 1.80 bits per heavy atom. The third kappa shape index (κ3) is 3.18. The second kappa shape index (κ2) is 7.31. The van der Waals surface area contributed by atoms with Gasteiger partial charge in [0.2, 0.25) is 11.8 Å². The number of likely N-dealkylation sites (tertiary alicyclic amines) is 1. The number of pyridine rings is 1. The SMILES string of the molecule is COc1ccc(N2CC(C(=O)N3CC4CC(C3)c3cccc(=O)n3C4)CC2=O)cc1. The van der Waals surface area contributed by atoms with Gasteiger partial charge in [0.1, 0.15) is 5.75 Å². The normalized spacial score (nSPS) is 25.2. The highest BCUT2D eigenvalue weighted by Gasteiger charge is 2.41. The molecular formula is C23H25N3O4. The van der Waals surface area contributed by atoms with E-state index in [1.54, 1.807) is 24.1 Å². The van der Waals surface area contributed by atoms with Gasteiger partial charge < -0.3 is 19.1 Å². The number of benzene rings is 1. The van der Waals surface area contributed by atoms with E-state index >= 15 is 0 Å². The average molecular weight is 407 g/mol. The number of ether oxygens (including phenoxy) is 1. The zero-order chi connectivity index (χ0) is 20.8. The fourth-order valence-corrected chi connectivity index (χ4v) is 5.22. The van der Waals surface area contributed by atoms with Gasteiger partial charge in [0.15, 0.2) is 0 Å². The van der Waals surface area contributed by atoms with Crippen LogP contribution in [0.4, 0.5) is 5.69 Å². The van der Waals surface area contributed by atoms with E-state index in [2.05, 4.69) is 0 Å². The number of hydrogen-bond donors (Lipinski definition) is 0. The molecule has 3 atom stereocenters. The quantitative estimate of drug-likeness (QED) is 0.779. The Morgan fingerprint density at radius 1 is 1.00 bits per heavy atom. The van der Waals surface area contributed by atoms with Crippen LogP contribution in [0.5, 0.6) is 5.75 Å². The first-order valence-electron chi connectivity index (χ1n) is 10.5. The summed E-state index contributed by atoms with van der Waals surface area (Å²) >= 11 is 0. The van der Waals surface area contributed by atoms with E-state index in [0.717, 1.165) is 23.6 Å². The van der Waals surface area contributed by atoms with E-state index in [1.165, 1.54) is 0 Å². The van der Waals surface area contributed by atoms with Crippen LogP contribution in [-0.4, -0.2) is 48.0 Å². The number of carbonyl (C=O) groups is 2. The molecule has 1 aromatic carbocycles. The van der Waals surface area contributed by atoms with Crippen molar-refractivity contribution in [1.82, 2.24) is 9.47 Å². The summed E-state index contributed by atoms with van der Waals surface area (Å²) in [5.74, 6) is 0.919. The summed E-state index contributed by atoms with van der Waals surface area (Å²) in [5, 5.41) is 0. The Hall–Kier alpha value is -3.09. The standard InChI is InChI=1S/C23H25N3O4/c1-30-19-7-5-18(6-8-19)25-14-17(10-22(25)28)23(29)24-11-15-9-16(13-24)20-3-2-4-21(27)26(20)12-15/h2-8,15-17H,9-14H2,1H3. The van der Waals surface area contributed by atoms with Crippen LogP contribution in [-0.2, 0) is 16.1 Å². The van der Waals surface area contributed by atoms with Crippen LogP contribution in [0, 0.1) is 11.8 Å². The smallest absolute Gasteiger partial charge is 0.250 e. The first-order valence-corrected chi connectivity index (χ1v) is 10.5. The van der Waals surface area contributed by atoms with Crippen molar-refractivity contribution in [3.05, 3.63) is 58.5 Å². The molecule has 3 aliphatic heterocycles. The molecule has 7 nitrogen and oxygen atoms in total. The Balaban J connectivity index is 1.31. The first-order chi connectivity index (χ1) is 14.5. The Labute approximate surface area is 174 Å². The minimum atomic E-state index is -0.323. The van der Waals surface area contributed by atoms with Crippen LogP contribution in [0.2, 0.25) is 0 Å². The Bertz CT molecular complexity index is 1050. The molecule has 4 heterocycles. The maximum absolute atomic E-state index is 13.3. The monoisotopic (exact) mass is 407 g/mol. The van der Waals surface area contributed by atoms with Gasteiger partial charge in [-0.05, 0) is 42.7 Å². The van der Waals surface area contributed by atoms with E-state index in [4.69, 9.17) is 4.74 Å². The summed E-state index contributed by atoms with van der Waals surface area (Å²) in [6, 6.07) is 12.8. The van der Waals surface area contributed by atoms with Gasteiger partial charge >= 0.3 is 0 Å². The maximum Gasteiger partial charge on any atom is 0.250 e. The highest BCUT2D eigenvalue weighted by molar-refractivity contribution is 6.00. The molecule has 0 aliphatic carbocycles. The average Bonchev–Trinajstić information content (AvgIpc) is 3.15. The Morgan fingerprint density at radius 3 is 2.57 bits per heavy atom. The molecule has 0 spiro atoms. The van der Waals surface area contributed by atoms with Crippen molar-refractivity contribution < 1.29 is 14.3 Å². The zero-order valence-corrected chi connectivity index (χ0v) is 17.0. The van der Waals surface area contributed by atoms with E-state index in [-0.39, 0.29) is 41.5 Å². The second-order valence-corrected chi connectivity index (χ2v) is 8.54. The van der Waals surface area contributed by atoms with Crippen molar-refractivity contribution in [2.45, 2.75) is 25.3 Å². The predicted octanol–water partition coefficient (Wildman–Crippen LogP) is 1.86. The number of aromatic nitrogens is 1. The molecule has 2 amide bonds. The van der Waals surface area contributed by atoms with Crippen molar-refractivity contribution in [3.8, 4) is 5.75 Å². The number of methoxy groups -OCH3 is 1. The van der Waals surface area contributed by atoms with Crippen molar-refractivity contribution in [3.63, 3.8) is 0 Å². The van der Waals surface area contributed by atoms with Gasteiger partial charge in [-0.25, -0.2) is 0 Å². The number of piperidine rings is 1. The van der Waals surface area contributed by atoms with Crippen molar-refractivity contribution in [2.24, 2.45) is 11.8 Å². The first kappa shape index (κ1) is 18.9. The van der Waals surface area contributed by atoms with Crippen molar-refractivity contribution >= 4 is 17.5 Å². The van der Waals surface area contributed by atoms with E-state index in [1.807, 2.05) is 39.8 Å². The van der Waals surface area contributed by atoms with Crippen LogP contribution in [0.3, 0.4) is 0 Å². The summed E-state index contributed by atoms with van der Waals surface area (Å²) < 4.78 is 7.05. The molecule has 30 heavy (non-hydrogen) atoms. The second-order valence-electron chi connectivity index (χ2n) is 8.54. The molecule has 2 saturated heterocycles. The predicted molar refractivity (Wildman–Crippen MR) is 112 cm³/mol. The van der Waals surface area contributed by atoms with E-state index in [0.29, 0.717) is 26.2 Å². The fraction of sp³-hybridized carbons (Fsp3) is 0.435. The summed E-state index contributed by atoms with van der Waals surface area (Å²) in [7, 11) is 1.60. The van der Waals surface area contributed by atoms with Crippen LogP contribution in [0.1, 0.15) is 24.5 Å². The molecule has 2 aromatic rings. The largest absolute Gasteiger partial charge is 0.497 e.